The van der Waals surface area contributed by atoms with Crippen LogP contribution in [0, 0.1) is 0 Å². The molecule has 1 aromatic carbocycles. The van der Waals surface area contributed by atoms with Gasteiger partial charge in [-0.3, -0.25) is 13.9 Å². The SMILES string of the molecule is CC(=O)N(N)C(=O)c1ccc2c(c1)N(S(=O)(=O)c1cn(C)cn1)CCS2. The topological polar surface area (TPSA) is 119 Å². The van der Waals surface area contributed by atoms with Gasteiger partial charge >= 0.3 is 0 Å². The molecule has 1 aliphatic rings. The van der Waals surface area contributed by atoms with Gasteiger partial charge in [-0.2, -0.15) is 8.42 Å². The number of hydrazine groups is 1. The van der Waals surface area contributed by atoms with Crippen molar-refractivity contribution < 1.29 is 18.0 Å². The summed E-state index contributed by atoms with van der Waals surface area (Å²) in [4.78, 5) is 28.3. The summed E-state index contributed by atoms with van der Waals surface area (Å²) in [6.07, 6.45) is 2.83. The zero-order chi connectivity index (χ0) is 19.1. The zero-order valence-electron chi connectivity index (χ0n) is 14.1. The van der Waals surface area contributed by atoms with Gasteiger partial charge in [0.25, 0.3) is 15.9 Å². The van der Waals surface area contributed by atoms with Gasteiger partial charge in [-0.1, -0.05) is 0 Å². The lowest BCUT2D eigenvalue weighted by molar-refractivity contribution is -0.126. The Morgan fingerprint density at radius 2 is 2.08 bits per heavy atom. The average Bonchev–Trinajstić information content (AvgIpc) is 3.06. The number of sulfonamides is 1. The van der Waals surface area contributed by atoms with Gasteiger partial charge in [0.15, 0.2) is 5.03 Å². The second-order valence-electron chi connectivity index (χ2n) is 5.68. The molecule has 2 heterocycles. The minimum Gasteiger partial charge on any atom is -0.339 e. The van der Waals surface area contributed by atoms with Crippen LogP contribution in [0.4, 0.5) is 5.69 Å². The van der Waals surface area contributed by atoms with Gasteiger partial charge in [0, 0.05) is 42.9 Å². The number of carbonyl (C=O) groups is 2. The maximum atomic E-state index is 13.0. The molecule has 1 aromatic heterocycles. The lowest BCUT2D eigenvalue weighted by atomic mass is 10.1. The molecule has 2 aromatic rings. The van der Waals surface area contributed by atoms with Crippen molar-refractivity contribution in [1.29, 1.82) is 0 Å². The smallest absolute Gasteiger partial charge is 0.283 e. The van der Waals surface area contributed by atoms with Crippen LogP contribution in [-0.4, -0.2) is 47.1 Å². The number of aromatic nitrogens is 2. The zero-order valence-corrected chi connectivity index (χ0v) is 15.7. The van der Waals surface area contributed by atoms with Gasteiger partial charge in [0.05, 0.1) is 12.0 Å². The summed E-state index contributed by atoms with van der Waals surface area (Å²) in [5.41, 5.74) is 0.500. The number of rotatable bonds is 3. The third-order valence-corrected chi connectivity index (χ3v) is 6.56. The average molecular weight is 395 g/mol. The molecular formula is C15H17N5O4S2. The lowest BCUT2D eigenvalue weighted by Crippen LogP contribution is -2.41. The first-order valence-corrected chi connectivity index (χ1v) is 10.0. The summed E-state index contributed by atoms with van der Waals surface area (Å²) in [5.74, 6) is 4.73. The van der Waals surface area contributed by atoms with E-state index in [1.54, 1.807) is 17.7 Å². The molecular weight excluding hydrogens is 378 g/mol. The maximum absolute atomic E-state index is 13.0. The molecule has 9 nitrogen and oxygen atoms in total. The monoisotopic (exact) mass is 395 g/mol. The summed E-state index contributed by atoms with van der Waals surface area (Å²) in [7, 11) is -2.19. The summed E-state index contributed by atoms with van der Waals surface area (Å²) in [5, 5.41) is 0.425. The number of fused-ring (bicyclic) bond motifs is 1. The molecule has 0 spiro atoms. The molecule has 1 aliphatic heterocycles. The number of thioether (sulfide) groups is 1. The number of amides is 2. The van der Waals surface area contributed by atoms with Crippen LogP contribution in [0.3, 0.4) is 0 Å². The Labute approximate surface area is 154 Å². The lowest BCUT2D eigenvalue weighted by Gasteiger charge is -2.29. The summed E-state index contributed by atoms with van der Waals surface area (Å²) in [6.45, 7) is 1.41. The Morgan fingerprint density at radius 1 is 1.35 bits per heavy atom. The highest BCUT2D eigenvalue weighted by Crippen LogP contribution is 2.38. The molecule has 0 saturated carbocycles. The van der Waals surface area contributed by atoms with Gasteiger partial charge in [0.2, 0.25) is 5.91 Å². The van der Waals surface area contributed by atoms with Crippen molar-refractivity contribution in [3.05, 3.63) is 36.3 Å². The number of nitrogens with zero attached hydrogens (tertiary/aromatic N) is 4. The second-order valence-corrected chi connectivity index (χ2v) is 8.63. The Kier molecular flexibility index (Phi) is 4.78. The fourth-order valence-electron chi connectivity index (χ4n) is 2.49. The fourth-order valence-corrected chi connectivity index (χ4v) is 5.09. The number of anilines is 1. The summed E-state index contributed by atoms with van der Waals surface area (Å²) < 4.78 is 28.7. The van der Waals surface area contributed by atoms with Crippen LogP contribution in [0.1, 0.15) is 17.3 Å². The van der Waals surface area contributed by atoms with Crippen LogP contribution in [0.15, 0.2) is 40.6 Å². The minimum absolute atomic E-state index is 0.0706. The predicted molar refractivity (Wildman–Crippen MR) is 95.9 cm³/mol. The molecule has 0 aliphatic carbocycles. The maximum Gasteiger partial charge on any atom is 0.283 e. The van der Waals surface area contributed by atoms with Crippen molar-refractivity contribution in [2.45, 2.75) is 16.8 Å². The molecule has 0 saturated heterocycles. The molecule has 3 rings (SSSR count). The van der Waals surface area contributed by atoms with Crippen LogP contribution < -0.4 is 10.1 Å². The highest BCUT2D eigenvalue weighted by atomic mass is 32.2. The first-order chi connectivity index (χ1) is 12.2. The third-order valence-electron chi connectivity index (χ3n) is 3.82. The summed E-state index contributed by atoms with van der Waals surface area (Å²) in [6, 6.07) is 4.61. The van der Waals surface area contributed by atoms with Crippen LogP contribution in [0.2, 0.25) is 0 Å². The van der Waals surface area contributed by atoms with E-state index in [9.17, 15) is 18.0 Å². The number of hydrogen-bond donors (Lipinski definition) is 1. The van der Waals surface area contributed by atoms with Crippen molar-refractivity contribution in [2.24, 2.45) is 12.9 Å². The first kappa shape index (κ1) is 18.4. The number of carbonyl (C=O) groups excluding carboxylic acids is 2. The Bertz CT molecular complexity index is 986. The quantitative estimate of drug-likeness (QED) is 0.459. The minimum atomic E-state index is -3.87. The van der Waals surface area contributed by atoms with E-state index in [4.69, 9.17) is 5.84 Å². The number of aryl methyl sites for hydroxylation is 1. The Hall–Kier alpha value is -2.37. The third kappa shape index (κ3) is 3.20. The van der Waals surface area contributed by atoms with E-state index in [-0.39, 0.29) is 17.1 Å². The van der Waals surface area contributed by atoms with Crippen molar-refractivity contribution in [3.8, 4) is 0 Å². The van der Waals surface area contributed by atoms with Crippen LogP contribution in [-0.2, 0) is 21.9 Å². The van der Waals surface area contributed by atoms with Gasteiger partial charge in [-0.15, -0.1) is 11.8 Å². The number of imide groups is 1. The van der Waals surface area contributed by atoms with Gasteiger partial charge in [-0.25, -0.2) is 15.8 Å². The molecule has 0 bridgehead atoms. The molecule has 2 amide bonds. The second kappa shape index (κ2) is 6.74. The standard InChI is InChI=1S/C15H17N5O4S2/c1-10(21)20(16)15(22)11-3-4-13-12(7-11)19(5-6-25-13)26(23,24)14-8-18(2)9-17-14/h3-4,7-9H,5-6,16H2,1-2H3. The van der Waals surface area contributed by atoms with Gasteiger partial charge < -0.3 is 4.57 Å². The summed E-state index contributed by atoms with van der Waals surface area (Å²) >= 11 is 1.49. The van der Waals surface area contributed by atoms with Crippen molar-refractivity contribution in [2.75, 3.05) is 16.6 Å². The molecule has 0 atom stereocenters. The Morgan fingerprint density at radius 3 is 2.69 bits per heavy atom. The van der Waals surface area contributed by atoms with E-state index in [0.717, 1.165) is 4.90 Å². The van der Waals surface area contributed by atoms with E-state index in [2.05, 4.69) is 4.98 Å². The first-order valence-electron chi connectivity index (χ1n) is 7.59. The molecule has 0 radical (unpaired) electrons. The number of nitrogens with two attached hydrogens (primary N) is 1. The van der Waals surface area contributed by atoms with Crippen LogP contribution >= 0.6 is 11.8 Å². The van der Waals surface area contributed by atoms with Crippen LogP contribution in [0.25, 0.3) is 0 Å². The van der Waals surface area contributed by atoms with Gasteiger partial charge in [0.1, 0.15) is 0 Å². The highest BCUT2D eigenvalue weighted by molar-refractivity contribution is 8.00. The molecule has 0 unspecified atom stereocenters. The highest BCUT2D eigenvalue weighted by Gasteiger charge is 2.32. The Balaban J connectivity index is 2.05. The van der Waals surface area contributed by atoms with Crippen molar-refractivity contribution in [3.63, 3.8) is 0 Å². The van der Waals surface area contributed by atoms with E-state index < -0.39 is 21.8 Å². The number of hydrogen-bond acceptors (Lipinski definition) is 7. The van der Waals surface area contributed by atoms with E-state index in [1.807, 2.05) is 0 Å². The predicted octanol–water partition coefficient (Wildman–Crippen LogP) is 0.584. The molecule has 2 N–H and O–H groups in total. The van der Waals surface area contributed by atoms with E-state index in [1.165, 1.54) is 47.6 Å². The molecule has 0 fully saturated rings. The molecule has 138 valence electrons. The van der Waals surface area contributed by atoms with Crippen molar-refractivity contribution >= 4 is 39.3 Å². The van der Waals surface area contributed by atoms with Crippen molar-refractivity contribution in [1.82, 2.24) is 14.6 Å². The van der Waals surface area contributed by atoms with E-state index >= 15 is 0 Å². The van der Waals surface area contributed by atoms with Crippen LogP contribution in [0.5, 0.6) is 0 Å². The molecule has 26 heavy (non-hydrogen) atoms. The van der Waals surface area contributed by atoms with E-state index in [0.29, 0.717) is 16.4 Å². The van der Waals surface area contributed by atoms with Gasteiger partial charge in [-0.05, 0) is 18.2 Å². The molecule has 11 heteroatoms. The fraction of sp³-hybridized carbons (Fsp3) is 0.267. The number of benzene rings is 1. The number of imidazole rings is 1. The largest absolute Gasteiger partial charge is 0.339 e. The normalized spacial score (nSPS) is 14.0.